The quantitative estimate of drug-likeness (QED) is 0.696. The number of nitrogens with one attached hydrogen (secondary N) is 1. The minimum atomic E-state index is -0.336. The number of hydrogen-bond donors (Lipinski definition) is 1. The normalized spacial score (nSPS) is 16.7. The van der Waals surface area contributed by atoms with Crippen molar-refractivity contribution in [1.29, 1.82) is 0 Å². The summed E-state index contributed by atoms with van der Waals surface area (Å²) in [5, 5.41) is 3.04. The Morgan fingerprint density at radius 1 is 1.38 bits per heavy atom. The fourth-order valence-corrected chi connectivity index (χ4v) is 3.02. The fraction of sp³-hybridized carbons (Fsp3) is 0.125. The lowest BCUT2D eigenvalue weighted by atomic mass is 10.2. The van der Waals surface area contributed by atoms with Crippen molar-refractivity contribution in [3.63, 3.8) is 0 Å². The Morgan fingerprint density at radius 2 is 2.14 bits per heavy atom. The highest BCUT2D eigenvalue weighted by Gasteiger charge is 2.25. The lowest BCUT2D eigenvalue weighted by Gasteiger charge is -2.08. The van der Waals surface area contributed by atoms with Crippen LogP contribution >= 0.6 is 11.8 Å². The second-order valence-electron chi connectivity index (χ2n) is 5.02. The maximum Gasteiger partial charge on any atom is 0.290 e. The molecule has 0 unspecified atom stereocenters. The number of carbonyl (C=O) groups is 2. The molecule has 0 spiro atoms. The number of fused-ring (bicyclic) bond motifs is 1. The van der Waals surface area contributed by atoms with Gasteiger partial charge in [0.15, 0.2) is 0 Å². The standard InChI is InChI=1S/C16H14N2O2S/c1-10(2)9-18-12(7-11-5-3-4-6-13(11)18)8-14-15(19)17-16(20)21-14/h3-8H,1,9H2,2H3,(H,17,19,20). The average molecular weight is 298 g/mol. The van der Waals surface area contributed by atoms with E-state index in [2.05, 4.69) is 16.5 Å². The first kappa shape index (κ1) is 13.7. The largest absolute Gasteiger partial charge is 0.337 e. The van der Waals surface area contributed by atoms with Gasteiger partial charge in [-0.15, -0.1) is 0 Å². The summed E-state index contributed by atoms with van der Waals surface area (Å²) in [6, 6.07) is 10.0. The topological polar surface area (TPSA) is 51.1 Å². The predicted octanol–water partition coefficient (Wildman–Crippen LogP) is 3.54. The van der Waals surface area contributed by atoms with Gasteiger partial charge in [0.05, 0.1) is 4.91 Å². The van der Waals surface area contributed by atoms with Crippen molar-refractivity contribution in [3.05, 3.63) is 53.1 Å². The van der Waals surface area contributed by atoms with Crippen molar-refractivity contribution in [2.75, 3.05) is 0 Å². The number of benzene rings is 1. The molecule has 3 rings (SSSR count). The molecule has 2 heterocycles. The Balaban J connectivity index is 2.13. The summed E-state index contributed by atoms with van der Waals surface area (Å²) in [7, 11) is 0. The molecule has 1 N–H and O–H groups in total. The van der Waals surface area contributed by atoms with Gasteiger partial charge in [-0.2, -0.15) is 0 Å². The van der Waals surface area contributed by atoms with E-state index in [1.807, 2.05) is 37.3 Å². The lowest BCUT2D eigenvalue weighted by molar-refractivity contribution is -0.115. The van der Waals surface area contributed by atoms with E-state index in [4.69, 9.17) is 0 Å². The zero-order chi connectivity index (χ0) is 15.0. The number of para-hydroxylation sites is 1. The van der Waals surface area contributed by atoms with Crippen LogP contribution in [-0.2, 0) is 11.3 Å². The number of imide groups is 1. The highest BCUT2D eigenvalue weighted by atomic mass is 32.2. The van der Waals surface area contributed by atoms with E-state index in [1.54, 1.807) is 6.08 Å². The number of nitrogens with zero attached hydrogens (tertiary/aromatic N) is 1. The first-order valence-corrected chi connectivity index (χ1v) is 7.34. The molecule has 1 aromatic carbocycles. The molecule has 0 bridgehead atoms. The van der Waals surface area contributed by atoms with Crippen LogP contribution in [0.25, 0.3) is 17.0 Å². The van der Waals surface area contributed by atoms with E-state index in [9.17, 15) is 9.59 Å². The molecule has 2 aromatic rings. The maximum absolute atomic E-state index is 11.7. The minimum Gasteiger partial charge on any atom is -0.337 e. The molecule has 5 heteroatoms. The molecule has 0 atom stereocenters. The number of rotatable bonds is 3. The molecule has 4 nitrogen and oxygen atoms in total. The van der Waals surface area contributed by atoms with E-state index < -0.39 is 0 Å². The first-order chi connectivity index (χ1) is 10.0. The Labute approximate surface area is 126 Å². The third kappa shape index (κ3) is 2.64. The van der Waals surface area contributed by atoms with Gasteiger partial charge in [0.25, 0.3) is 11.1 Å². The zero-order valence-electron chi connectivity index (χ0n) is 11.6. The summed E-state index contributed by atoms with van der Waals surface area (Å²) < 4.78 is 2.10. The van der Waals surface area contributed by atoms with E-state index in [0.29, 0.717) is 11.4 Å². The molecule has 0 aliphatic carbocycles. The van der Waals surface area contributed by atoms with Gasteiger partial charge in [0.1, 0.15) is 0 Å². The number of carbonyl (C=O) groups excluding carboxylic acids is 2. The summed E-state index contributed by atoms with van der Waals surface area (Å²) in [6.45, 7) is 6.59. The van der Waals surface area contributed by atoms with Gasteiger partial charge in [-0.1, -0.05) is 30.4 Å². The van der Waals surface area contributed by atoms with Crippen molar-refractivity contribution in [1.82, 2.24) is 9.88 Å². The number of aromatic nitrogens is 1. The van der Waals surface area contributed by atoms with Gasteiger partial charge in [-0.05, 0) is 36.9 Å². The van der Waals surface area contributed by atoms with Crippen LogP contribution in [0, 0.1) is 0 Å². The zero-order valence-corrected chi connectivity index (χ0v) is 12.4. The third-order valence-corrected chi connectivity index (χ3v) is 4.00. The number of hydrogen-bond acceptors (Lipinski definition) is 3. The second kappa shape index (κ2) is 5.26. The van der Waals surface area contributed by atoms with Crippen molar-refractivity contribution >= 4 is 39.9 Å². The van der Waals surface area contributed by atoms with E-state index >= 15 is 0 Å². The molecule has 106 valence electrons. The molecule has 1 aliphatic heterocycles. The molecular weight excluding hydrogens is 284 g/mol. The van der Waals surface area contributed by atoms with Crippen LogP contribution in [0.5, 0.6) is 0 Å². The monoisotopic (exact) mass is 298 g/mol. The van der Waals surface area contributed by atoms with Crippen molar-refractivity contribution in [2.45, 2.75) is 13.5 Å². The van der Waals surface area contributed by atoms with Crippen LogP contribution in [0.4, 0.5) is 4.79 Å². The van der Waals surface area contributed by atoms with Gasteiger partial charge in [0, 0.05) is 23.1 Å². The van der Waals surface area contributed by atoms with Crippen LogP contribution in [-0.4, -0.2) is 15.7 Å². The average Bonchev–Trinajstić information content (AvgIpc) is 2.91. The third-order valence-electron chi connectivity index (χ3n) is 3.19. The van der Waals surface area contributed by atoms with E-state index in [-0.39, 0.29) is 11.1 Å². The lowest BCUT2D eigenvalue weighted by Crippen LogP contribution is -2.17. The maximum atomic E-state index is 11.7. The smallest absolute Gasteiger partial charge is 0.290 e. The second-order valence-corrected chi connectivity index (χ2v) is 6.04. The molecule has 1 saturated heterocycles. The highest BCUT2D eigenvalue weighted by molar-refractivity contribution is 8.18. The molecule has 1 aliphatic rings. The van der Waals surface area contributed by atoms with Crippen molar-refractivity contribution < 1.29 is 9.59 Å². The first-order valence-electron chi connectivity index (χ1n) is 6.52. The Hall–Kier alpha value is -2.27. The molecule has 0 radical (unpaired) electrons. The van der Waals surface area contributed by atoms with Crippen LogP contribution in [0.1, 0.15) is 12.6 Å². The van der Waals surface area contributed by atoms with Crippen LogP contribution in [0.15, 0.2) is 47.4 Å². The SMILES string of the molecule is C=C(C)Cn1c(C=C2SC(=O)NC2=O)cc2ccccc21. The number of thioether (sulfide) groups is 1. The van der Waals surface area contributed by atoms with Crippen LogP contribution < -0.4 is 5.32 Å². The molecular formula is C16H14N2O2S. The Morgan fingerprint density at radius 3 is 2.81 bits per heavy atom. The molecule has 1 aromatic heterocycles. The van der Waals surface area contributed by atoms with Gasteiger partial charge >= 0.3 is 0 Å². The summed E-state index contributed by atoms with van der Waals surface area (Å²) in [6.07, 6.45) is 1.76. The van der Waals surface area contributed by atoms with Gasteiger partial charge in [0.2, 0.25) is 0 Å². The number of amides is 2. The fourth-order valence-electron chi connectivity index (χ4n) is 2.35. The minimum absolute atomic E-state index is 0.325. The molecule has 2 amide bonds. The van der Waals surface area contributed by atoms with Crippen molar-refractivity contribution in [3.8, 4) is 0 Å². The van der Waals surface area contributed by atoms with Gasteiger partial charge in [-0.25, -0.2) is 0 Å². The Kier molecular flexibility index (Phi) is 3.43. The summed E-state index contributed by atoms with van der Waals surface area (Å²) >= 11 is 0.932. The summed E-state index contributed by atoms with van der Waals surface area (Å²) in [4.78, 5) is 23.4. The summed E-state index contributed by atoms with van der Waals surface area (Å²) in [5.41, 5.74) is 3.00. The van der Waals surface area contributed by atoms with Crippen LogP contribution in [0.2, 0.25) is 0 Å². The predicted molar refractivity (Wildman–Crippen MR) is 85.9 cm³/mol. The molecule has 1 fully saturated rings. The van der Waals surface area contributed by atoms with Gasteiger partial charge < -0.3 is 4.57 Å². The van der Waals surface area contributed by atoms with Crippen molar-refractivity contribution in [2.24, 2.45) is 0 Å². The highest BCUT2D eigenvalue weighted by Crippen LogP contribution is 2.28. The van der Waals surface area contributed by atoms with Crippen LogP contribution in [0.3, 0.4) is 0 Å². The molecule has 0 saturated carbocycles. The molecule has 21 heavy (non-hydrogen) atoms. The summed E-state index contributed by atoms with van der Waals surface area (Å²) in [5.74, 6) is -0.336. The van der Waals surface area contributed by atoms with E-state index in [1.165, 1.54) is 0 Å². The van der Waals surface area contributed by atoms with E-state index in [0.717, 1.165) is 33.9 Å². The van der Waals surface area contributed by atoms with Gasteiger partial charge in [-0.3, -0.25) is 14.9 Å². The number of allylic oxidation sites excluding steroid dienone is 1. The Bertz CT molecular complexity index is 802.